The van der Waals surface area contributed by atoms with Crippen LogP contribution in [0, 0.1) is 0 Å². The van der Waals surface area contributed by atoms with Crippen molar-refractivity contribution in [3.8, 4) is 16.8 Å². The van der Waals surface area contributed by atoms with Crippen molar-refractivity contribution < 1.29 is 4.42 Å². The van der Waals surface area contributed by atoms with Gasteiger partial charge in [0.25, 0.3) is 0 Å². The number of nitrogens with zero attached hydrogens (tertiary/aromatic N) is 4. The molecular weight excluding hydrogens is 699 g/mol. The molecule has 0 saturated heterocycles. The van der Waals surface area contributed by atoms with Crippen molar-refractivity contribution in [3.63, 3.8) is 0 Å². The normalized spacial score (nSPS) is 14.5. The van der Waals surface area contributed by atoms with Crippen LogP contribution in [-0.4, -0.2) is 20.9 Å². The van der Waals surface area contributed by atoms with Gasteiger partial charge in [-0.15, -0.1) is 0 Å². The highest BCUT2D eigenvalue weighted by atomic mass is 16.3. The third-order valence-electron chi connectivity index (χ3n) is 11.4. The molecule has 6 heteroatoms. The fourth-order valence-electron chi connectivity index (χ4n) is 8.85. The Bertz CT molecular complexity index is 3390. The molecule has 0 aliphatic carbocycles. The molecule has 1 atom stereocenters. The SMILES string of the molecule is c1ccc(C2=NC(c3cccc4oc5cc(-n6c7ccccc7c7cc(-c8ccccc8)ccc76)ccc5c34)NC(n3c4ccccc4c4ccccc43)=N2)cc1. The maximum Gasteiger partial charge on any atom is 0.211 e. The van der Waals surface area contributed by atoms with E-state index in [9.17, 15) is 0 Å². The Balaban J connectivity index is 1.02. The van der Waals surface area contributed by atoms with Gasteiger partial charge in [-0.05, 0) is 59.7 Å². The minimum absolute atomic E-state index is 0.437. The van der Waals surface area contributed by atoms with Gasteiger partial charge in [0.05, 0.1) is 22.1 Å². The van der Waals surface area contributed by atoms with Gasteiger partial charge in [0, 0.05) is 55.2 Å². The predicted octanol–water partition coefficient (Wildman–Crippen LogP) is 12.4. The van der Waals surface area contributed by atoms with Crippen molar-refractivity contribution in [2.75, 3.05) is 0 Å². The lowest BCUT2D eigenvalue weighted by Gasteiger charge is -2.25. The summed E-state index contributed by atoms with van der Waals surface area (Å²) in [7, 11) is 0. The minimum atomic E-state index is -0.437. The van der Waals surface area contributed by atoms with Gasteiger partial charge in [0.2, 0.25) is 5.96 Å². The van der Waals surface area contributed by atoms with Gasteiger partial charge >= 0.3 is 0 Å². The van der Waals surface area contributed by atoms with Gasteiger partial charge in [-0.1, -0.05) is 133 Å². The number of nitrogens with one attached hydrogen (secondary N) is 1. The molecule has 11 aromatic rings. The zero-order chi connectivity index (χ0) is 37.5. The summed E-state index contributed by atoms with van der Waals surface area (Å²) in [4.78, 5) is 10.5. The molecule has 3 aromatic heterocycles. The fourth-order valence-corrected chi connectivity index (χ4v) is 8.85. The largest absolute Gasteiger partial charge is 0.456 e. The summed E-state index contributed by atoms with van der Waals surface area (Å²) < 4.78 is 11.3. The highest BCUT2D eigenvalue weighted by Crippen LogP contribution is 2.40. The van der Waals surface area contributed by atoms with Crippen LogP contribution in [0.1, 0.15) is 17.3 Å². The molecule has 0 saturated carbocycles. The second kappa shape index (κ2) is 12.4. The predicted molar refractivity (Wildman–Crippen MR) is 235 cm³/mol. The standard InChI is InChI=1S/C51H33N5O/c1-3-14-32(15-4-1)34-26-29-45-41(30-34)38-20-9-10-22-42(38)55(45)35-27-28-39-47(31-35)57-46-25-13-21-40(48(39)46)50-52-49(33-16-5-2-6-17-33)53-51(54-50)56-43-23-11-7-18-36(43)37-19-8-12-24-44(37)56/h1-31,50H,(H,52,53,54). The molecule has 268 valence electrons. The number of fused-ring (bicyclic) bond motifs is 9. The molecule has 6 nitrogen and oxygen atoms in total. The number of para-hydroxylation sites is 3. The van der Waals surface area contributed by atoms with Crippen LogP contribution in [-0.2, 0) is 0 Å². The molecule has 1 aliphatic rings. The first kappa shape index (κ1) is 31.6. The summed E-state index contributed by atoms with van der Waals surface area (Å²) >= 11 is 0. The summed E-state index contributed by atoms with van der Waals surface area (Å²) in [6.45, 7) is 0. The number of rotatable bonds is 4. The van der Waals surface area contributed by atoms with Gasteiger partial charge in [0.15, 0.2) is 5.84 Å². The fraction of sp³-hybridized carbons (Fsp3) is 0.0196. The Labute approximate surface area is 327 Å². The third-order valence-corrected chi connectivity index (χ3v) is 11.4. The van der Waals surface area contributed by atoms with Gasteiger partial charge in [-0.25, -0.2) is 4.99 Å². The van der Waals surface area contributed by atoms with E-state index in [2.05, 4.69) is 184 Å². The number of hydrogen-bond donors (Lipinski definition) is 1. The van der Waals surface area contributed by atoms with Gasteiger partial charge < -0.3 is 14.3 Å². The molecule has 4 heterocycles. The zero-order valence-corrected chi connectivity index (χ0v) is 30.7. The first-order valence-electron chi connectivity index (χ1n) is 19.3. The van der Waals surface area contributed by atoms with Crippen LogP contribution in [0.3, 0.4) is 0 Å². The molecule has 8 aromatic carbocycles. The van der Waals surface area contributed by atoms with Crippen molar-refractivity contribution in [3.05, 3.63) is 199 Å². The molecule has 57 heavy (non-hydrogen) atoms. The lowest BCUT2D eigenvalue weighted by Crippen LogP contribution is -2.37. The number of aliphatic imine (C=N–C) groups is 2. The molecule has 0 spiro atoms. The van der Waals surface area contributed by atoms with Crippen molar-refractivity contribution in [1.82, 2.24) is 14.5 Å². The van der Waals surface area contributed by atoms with E-state index in [0.29, 0.717) is 5.84 Å². The van der Waals surface area contributed by atoms with Crippen molar-refractivity contribution in [2.45, 2.75) is 6.17 Å². The van der Waals surface area contributed by atoms with Crippen molar-refractivity contribution in [1.29, 1.82) is 0 Å². The van der Waals surface area contributed by atoms with E-state index in [1.54, 1.807) is 0 Å². The molecule has 0 amide bonds. The number of aromatic nitrogens is 2. The van der Waals surface area contributed by atoms with E-state index in [0.717, 1.165) is 66.8 Å². The molecule has 0 fully saturated rings. The first-order valence-corrected chi connectivity index (χ1v) is 19.3. The topological polar surface area (TPSA) is 59.8 Å². The van der Waals surface area contributed by atoms with E-state index >= 15 is 0 Å². The van der Waals surface area contributed by atoms with E-state index in [1.807, 2.05) is 18.2 Å². The number of furan rings is 1. The first-order chi connectivity index (χ1) is 28.3. The van der Waals surface area contributed by atoms with Crippen molar-refractivity contribution >= 4 is 77.3 Å². The minimum Gasteiger partial charge on any atom is -0.456 e. The van der Waals surface area contributed by atoms with Crippen molar-refractivity contribution in [2.24, 2.45) is 9.98 Å². The Morgan fingerprint density at radius 1 is 0.439 bits per heavy atom. The van der Waals surface area contributed by atoms with E-state index in [-0.39, 0.29) is 0 Å². The monoisotopic (exact) mass is 731 g/mol. The average molecular weight is 732 g/mol. The van der Waals surface area contributed by atoms with E-state index in [1.165, 1.54) is 32.7 Å². The van der Waals surface area contributed by atoms with Crippen LogP contribution in [0.5, 0.6) is 0 Å². The maximum atomic E-state index is 6.72. The van der Waals surface area contributed by atoms with Crippen LogP contribution < -0.4 is 5.32 Å². The van der Waals surface area contributed by atoms with Gasteiger partial charge in [-0.3, -0.25) is 4.57 Å². The molecule has 1 unspecified atom stereocenters. The maximum absolute atomic E-state index is 6.72. The quantitative estimate of drug-likeness (QED) is 0.196. The summed E-state index contributed by atoms with van der Waals surface area (Å²) in [5.41, 5.74) is 11.5. The number of benzene rings is 8. The molecule has 12 rings (SSSR count). The lowest BCUT2D eigenvalue weighted by atomic mass is 10.0. The Hall–Kier alpha value is -7.70. The van der Waals surface area contributed by atoms with Crippen LogP contribution in [0.25, 0.3) is 82.4 Å². The second-order valence-corrected chi connectivity index (χ2v) is 14.6. The Morgan fingerprint density at radius 3 is 1.77 bits per heavy atom. The number of amidine groups is 1. The van der Waals surface area contributed by atoms with E-state index < -0.39 is 6.17 Å². The molecular formula is C51H33N5O. The molecule has 0 bridgehead atoms. The molecule has 0 radical (unpaired) electrons. The zero-order valence-electron chi connectivity index (χ0n) is 30.7. The second-order valence-electron chi connectivity index (χ2n) is 14.6. The number of hydrogen-bond acceptors (Lipinski definition) is 4. The third kappa shape index (κ3) is 4.90. The highest BCUT2D eigenvalue weighted by Gasteiger charge is 2.27. The van der Waals surface area contributed by atoms with Crippen LogP contribution >= 0.6 is 0 Å². The molecule has 1 aliphatic heterocycles. The Morgan fingerprint density at radius 2 is 1.05 bits per heavy atom. The van der Waals surface area contributed by atoms with Gasteiger partial charge in [0.1, 0.15) is 17.3 Å². The van der Waals surface area contributed by atoms with Gasteiger partial charge in [-0.2, -0.15) is 4.99 Å². The van der Waals surface area contributed by atoms with E-state index in [4.69, 9.17) is 14.4 Å². The average Bonchev–Trinajstić information content (AvgIpc) is 3.94. The highest BCUT2D eigenvalue weighted by molar-refractivity contribution is 6.17. The van der Waals surface area contributed by atoms with Crippen LogP contribution in [0.4, 0.5) is 0 Å². The van der Waals surface area contributed by atoms with Crippen LogP contribution in [0.15, 0.2) is 202 Å². The summed E-state index contributed by atoms with van der Waals surface area (Å²) in [5.74, 6) is 1.39. The smallest absolute Gasteiger partial charge is 0.211 e. The molecule has 1 N–H and O–H groups in total. The lowest BCUT2D eigenvalue weighted by molar-refractivity contribution is 0.657. The summed E-state index contributed by atoms with van der Waals surface area (Å²) in [5, 5.41) is 10.6. The Kier molecular flexibility index (Phi) is 6.89. The summed E-state index contributed by atoms with van der Waals surface area (Å²) in [6, 6.07) is 66.1. The summed E-state index contributed by atoms with van der Waals surface area (Å²) in [6.07, 6.45) is -0.437. The van der Waals surface area contributed by atoms with Crippen LogP contribution in [0.2, 0.25) is 0 Å².